The summed E-state index contributed by atoms with van der Waals surface area (Å²) in [5, 5.41) is 6.57. The fraction of sp³-hybridized carbons (Fsp3) is 0.562. The molecule has 0 radical (unpaired) electrons. The first-order chi connectivity index (χ1) is 10.3. The number of nitrogens with one attached hydrogen (secondary N) is 2. The van der Waals surface area contributed by atoms with Crippen molar-refractivity contribution < 1.29 is 14.2 Å². The molecule has 0 spiro atoms. The summed E-state index contributed by atoms with van der Waals surface area (Å²) in [4.78, 5) is 4.22. The smallest absolute Gasteiger partial charge is 0.191 e. The molecule has 0 aliphatic rings. The van der Waals surface area contributed by atoms with Crippen LogP contribution in [0.3, 0.4) is 0 Å². The number of rotatable bonds is 5. The number of aliphatic imine (C=N–C) groups is 1. The minimum atomic E-state index is -0.0735. The van der Waals surface area contributed by atoms with Gasteiger partial charge in [-0.1, -0.05) is 0 Å². The lowest BCUT2D eigenvalue weighted by Crippen LogP contribution is -2.47. The van der Waals surface area contributed by atoms with Gasteiger partial charge < -0.3 is 24.8 Å². The van der Waals surface area contributed by atoms with Crippen molar-refractivity contribution in [1.82, 2.24) is 10.6 Å². The predicted molar refractivity (Wildman–Crippen MR) is 105 cm³/mol. The number of benzene rings is 1. The van der Waals surface area contributed by atoms with E-state index < -0.39 is 0 Å². The number of hydrogen-bond donors (Lipinski definition) is 2. The van der Waals surface area contributed by atoms with Crippen LogP contribution in [0.5, 0.6) is 17.2 Å². The van der Waals surface area contributed by atoms with Crippen LogP contribution in [-0.4, -0.2) is 39.9 Å². The number of hydrogen-bond acceptors (Lipinski definition) is 4. The molecule has 1 aromatic carbocycles. The van der Waals surface area contributed by atoms with E-state index in [-0.39, 0.29) is 29.5 Å². The van der Waals surface area contributed by atoms with E-state index in [1.165, 1.54) is 0 Å². The molecular weight excluding hydrogens is 409 g/mol. The topological polar surface area (TPSA) is 64.1 Å². The molecule has 7 heteroatoms. The van der Waals surface area contributed by atoms with Gasteiger partial charge in [0.25, 0.3) is 0 Å². The Morgan fingerprint density at radius 3 is 1.91 bits per heavy atom. The van der Waals surface area contributed by atoms with Gasteiger partial charge in [0.15, 0.2) is 5.96 Å². The van der Waals surface area contributed by atoms with E-state index in [4.69, 9.17) is 14.2 Å². The van der Waals surface area contributed by atoms with Gasteiger partial charge in [-0.05, 0) is 20.8 Å². The van der Waals surface area contributed by atoms with Crippen LogP contribution in [0.25, 0.3) is 0 Å². The van der Waals surface area contributed by atoms with Gasteiger partial charge in [-0.25, -0.2) is 0 Å². The maximum atomic E-state index is 5.44. The van der Waals surface area contributed by atoms with E-state index in [2.05, 4.69) is 36.4 Å². The Balaban J connectivity index is 0.00000484. The second-order valence-corrected chi connectivity index (χ2v) is 5.81. The molecule has 0 atom stereocenters. The van der Waals surface area contributed by atoms with Crippen molar-refractivity contribution in [1.29, 1.82) is 0 Å². The second-order valence-electron chi connectivity index (χ2n) is 5.81. The van der Waals surface area contributed by atoms with Gasteiger partial charge >= 0.3 is 0 Å². The molecule has 0 amide bonds. The van der Waals surface area contributed by atoms with E-state index in [0.29, 0.717) is 29.8 Å². The highest BCUT2D eigenvalue weighted by molar-refractivity contribution is 14.0. The number of ether oxygens (including phenoxy) is 3. The van der Waals surface area contributed by atoms with Crippen LogP contribution >= 0.6 is 24.0 Å². The molecule has 0 saturated carbocycles. The van der Waals surface area contributed by atoms with Crippen LogP contribution < -0.4 is 24.8 Å². The number of nitrogens with zero attached hydrogens (tertiary/aromatic N) is 1. The first-order valence-corrected chi connectivity index (χ1v) is 7.12. The van der Waals surface area contributed by atoms with E-state index >= 15 is 0 Å². The summed E-state index contributed by atoms with van der Waals surface area (Å²) in [7, 11) is 6.60. The van der Waals surface area contributed by atoms with E-state index in [1.54, 1.807) is 28.4 Å². The van der Waals surface area contributed by atoms with Crippen molar-refractivity contribution in [2.24, 2.45) is 4.99 Å². The molecular formula is C16H28IN3O3. The van der Waals surface area contributed by atoms with Gasteiger partial charge in [0, 0.05) is 24.7 Å². The van der Waals surface area contributed by atoms with E-state index in [9.17, 15) is 0 Å². The highest BCUT2D eigenvalue weighted by Crippen LogP contribution is 2.33. The van der Waals surface area contributed by atoms with Crippen LogP contribution in [0.2, 0.25) is 0 Å². The number of methoxy groups -OCH3 is 3. The molecule has 0 heterocycles. The summed E-state index contributed by atoms with van der Waals surface area (Å²) < 4.78 is 16.1. The maximum absolute atomic E-state index is 5.44. The molecule has 23 heavy (non-hydrogen) atoms. The second kappa shape index (κ2) is 9.69. The highest BCUT2D eigenvalue weighted by Gasteiger charge is 2.16. The molecule has 6 nitrogen and oxygen atoms in total. The Morgan fingerprint density at radius 2 is 1.57 bits per heavy atom. The summed E-state index contributed by atoms with van der Waals surface area (Å²) in [6, 6.07) is 3.67. The average Bonchev–Trinajstić information content (AvgIpc) is 2.49. The fourth-order valence-corrected chi connectivity index (χ4v) is 1.96. The monoisotopic (exact) mass is 437 g/mol. The van der Waals surface area contributed by atoms with Crippen LogP contribution in [-0.2, 0) is 6.54 Å². The lowest BCUT2D eigenvalue weighted by Gasteiger charge is -2.24. The number of halogens is 1. The Morgan fingerprint density at radius 1 is 1.04 bits per heavy atom. The van der Waals surface area contributed by atoms with Crippen LogP contribution in [0.15, 0.2) is 17.1 Å². The van der Waals surface area contributed by atoms with Gasteiger partial charge in [-0.2, -0.15) is 0 Å². The molecule has 1 rings (SSSR count). The third-order valence-electron chi connectivity index (χ3n) is 2.97. The summed E-state index contributed by atoms with van der Waals surface area (Å²) in [6.07, 6.45) is 0. The van der Waals surface area contributed by atoms with Gasteiger partial charge in [0.2, 0.25) is 0 Å². The minimum absolute atomic E-state index is 0. The normalized spacial score (nSPS) is 11.3. The van der Waals surface area contributed by atoms with Gasteiger partial charge in [0.05, 0.1) is 33.4 Å². The van der Waals surface area contributed by atoms with E-state index in [1.807, 2.05) is 12.1 Å². The zero-order valence-electron chi connectivity index (χ0n) is 14.9. The average molecular weight is 437 g/mol. The Kier molecular flexibility index (Phi) is 9.11. The van der Waals surface area contributed by atoms with Crippen LogP contribution in [0, 0.1) is 0 Å². The van der Waals surface area contributed by atoms with Crippen molar-refractivity contribution in [3.8, 4) is 17.2 Å². The minimum Gasteiger partial charge on any atom is -0.496 e. The van der Waals surface area contributed by atoms with Gasteiger partial charge in [-0.3, -0.25) is 4.99 Å². The van der Waals surface area contributed by atoms with Crippen molar-refractivity contribution in [2.75, 3.05) is 28.4 Å². The largest absolute Gasteiger partial charge is 0.496 e. The molecule has 0 saturated heterocycles. The summed E-state index contributed by atoms with van der Waals surface area (Å²) in [5.74, 6) is 2.81. The SMILES string of the molecule is CN=C(NCc1c(OC)cc(OC)cc1OC)NC(C)(C)C.I. The van der Waals surface area contributed by atoms with Crippen LogP contribution in [0.4, 0.5) is 0 Å². The number of guanidine groups is 1. The molecule has 132 valence electrons. The molecule has 0 unspecified atom stereocenters. The standard InChI is InChI=1S/C16H27N3O3.HI/c1-16(2,3)19-15(17-4)18-10-12-13(21-6)8-11(20-5)9-14(12)22-7;/h8-9H,10H2,1-7H3,(H2,17,18,19);1H. The summed E-state index contributed by atoms with van der Waals surface area (Å²) in [6.45, 7) is 6.75. The summed E-state index contributed by atoms with van der Waals surface area (Å²) >= 11 is 0. The molecule has 0 aromatic heterocycles. The van der Waals surface area contributed by atoms with Gasteiger partial charge in [0.1, 0.15) is 17.2 Å². The molecule has 0 aliphatic heterocycles. The molecule has 1 aromatic rings. The highest BCUT2D eigenvalue weighted by atomic mass is 127. The van der Waals surface area contributed by atoms with E-state index in [0.717, 1.165) is 5.56 Å². The quantitative estimate of drug-likeness (QED) is 0.422. The Labute approximate surface area is 156 Å². The molecule has 0 bridgehead atoms. The summed E-state index contributed by atoms with van der Waals surface area (Å²) in [5.41, 5.74) is 0.832. The maximum Gasteiger partial charge on any atom is 0.191 e. The van der Waals surface area contributed by atoms with Crippen molar-refractivity contribution in [3.05, 3.63) is 17.7 Å². The molecule has 0 aliphatic carbocycles. The first-order valence-electron chi connectivity index (χ1n) is 7.12. The third-order valence-corrected chi connectivity index (χ3v) is 2.97. The molecule has 0 fully saturated rings. The third kappa shape index (κ3) is 6.72. The first kappa shape index (κ1) is 21.6. The van der Waals surface area contributed by atoms with Crippen molar-refractivity contribution in [3.63, 3.8) is 0 Å². The Bertz CT molecular complexity index is 503. The predicted octanol–water partition coefficient (Wildman–Crippen LogP) is 2.79. The van der Waals surface area contributed by atoms with Crippen molar-refractivity contribution >= 4 is 29.9 Å². The lowest BCUT2D eigenvalue weighted by molar-refractivity contribution is 0.368. The fourth-order valence-electron chi connectivity index (χ4n) is 1.96. The van der Waals surface area contributed by atoms with Crippen molar-refractivity contribution in [2.45, 2.75) is 32.9 Å². The van der Waals surface area contributed by atoms with Crippen LogP contribution in [0.1, 0.15) is 26.3 Å². The molecule has 2 N–H and O–H groups in total. The van der Waals surface area contributed by atoms with Gasteiger partial charge in [-0.15, -0.1) is 24.0 Å². The zero-order valence-corrected chi connectivity index (χ0v) is 17.3. The lowest BCUT2D eigenvalue weighted by atomic mass is 10.1. The zero-order chi connectivity index (χ0) is 16.8. The Hall–Kier alpha value is -1.38.